The smallest absolute Gasteiger partial charge is 0.251 e. The Kier molecular flexibility index (Phi) is 4.27. The van der Waals surface area contributed by atoms with E-state index in [0.717, 1.165) is 24.2 Å². The van der Waals surface area contributed by atoms with Crippen LogP contribution in [0.4, 0.5) is 0 Å². The SMILES string of the molecule is CNC(=O)c1ccc(CNC2CC3CCC(C2)N3C)cc1. The van der Waals surface area contributed by atoms with Gasteiger partial charge in [-0.05, 0) is 50.4 Å². The minimum absolute atomic E-state index is 0.0265. The van der Waals surface area contributed by atoms with Crippen molar-refractivity contribution >= 4 is 5.91 Å². The third-order valence-corrected chi connectivity index (χ3v) is 5.14. The number of piperidine rings is 1. The first kappa shape index (κ1) is 14.5. The quantitative estimate of drug-likeness (QED) is 0.887. The molecule has 3 rings (SSSR count). The summed E-state index contributed by atoms with van der Waals surface area (Å²) in [5, 5.41) is 6.34. The largest absolute Gasteiger partial charge is 0.355 e. The summed E-state index contributed by atoms with van der Waals surface area (Å²) in [4.78, 5) is 14.1. The molecule has 4 heteroatoms. The topological polar surface area (TPSA) is 44.4 Å². The molecule has 21 heavy (non-hydrogen) atoms. The molecule has 1 aromatic rings. The lowest BCUT2D eigenvalue weighted by Gasteiger charge is -2.36. The van der Waals surface area contributed by atoms with Gasteiger partial charge in [0.2, 0.25) is 0 Å². The van der Waals surface area contributed by atoms with E-state index in [1.54, 1.807) is 7.05 Å². The first-order valence-corrected chi connectivity index (χ1v) is 7.93. The number of amides is 1. The molecule has 1 amide bonds. The average molecular weight is 287 g/mol. The molecule has 2 fully saturated rings. The summed E-state index contributed by atoms with van der Waals surface area (Å²) in [6, 6.07) is 10.1. The Hall–Kier alpha value is -1.39. The summed E-state index contributed by atoms with van der Waals surface area (Å²) in [7, 11) is 3.93. The lowest BCUT2D eigenvalue weighted by molar-refractivity contribution is 0.0963. The summed E-state index contributed by atoms with van der Waals surface area (Å²) >= 11 is 0. The Balaban J connectivity index is 1.53. The van der Waals surface area contributed by atoms with E-state index in [0.29, 0.717) is 6.04 Å². The van der Waals surface area contributed by atoms with Crippen LogP contribution in [-0.4, -0.2) is 43.0 Å². The van der Waals surface area contributed by atoms with E-state index in [9.17, 15) is 4.79 Å². The molecule has 4 nitrogen and oxygen atoms in total. The molecule has 0 saturated carbocycles. The number of rotatable bonds is 4. The second-order valence-corrected chi connectivity index (χ2v) is 6.38. The molecular formula is C17H25N3O. The van der Waals surface area contributed by atoms with Gasteiger partial charge in [-0.15, -0.1) is 0 Å². The minimum Gasteiger partial charge on any atom is -0.355 e. The Labute approximate surface area is 126 Å². The van der Waals surface area contributed by atoms with E-state index >= 15 is 0 Å². The molecule has 2 aliphatic rings. The van der Waals surface area contributed by atoms with E-state index in [1.165, 1.54) is 31.2 Å². The molecule has 0 spiro atoms. The monoisotopic (exact) mass is 287 g/mol. The lowest BCUT2D eigenvalue weighted by Crippen LogP contribution is -2.46. The fourth-order valence-electron chi connectivity index (χ4n) is 3.76. The fourth-order valence-corrected chi connectivity index (χ4v) is 3.76. The van der Waals surface area contributed by atoms with Crippen LogP contribution in [0, 0.1) is 0 Å². The number of hydrogen-bond acceptors (Lipinski definition) is 3. The second kappa shape index (κ2) is 6.16. The van der Waals surface area contributed by atoms with Crippen molar-refractivity contribution in [2.45, 2.75) is 50.4 Å². The van der Waals surface area contributed by atoms with Gasteiger partial charge < -0.3 is 15.5 Å². The number of carbonyl (C=O) groups excluding carboxylic acids is 1. The van der Waals surface area contributed by atoms with Crippen molar-refractivity contribution in [1.29, 1.82) is 0 Å². The van der Waals surface area contributed by atoms with E-state index in [4.69, 9.17) is 0 Å². The molecule has 2 N–H and O–H groups in total. The van der Waals surface area contributed by atoms with Crippen LogP contribution in [0.3, 0.4) is 0 Å². The van der Waals surface area contributed by atoms with E-state index < -0.39 is 0 Å². The van der Waals surface area contributed by atoms with Crippen molar-refractivity contribution in [3.63, 3.8) is 0 Å². The molecular weight excluding hydrogens is 262 g/mol. The van der Waals surface area contributed by atoms with Crippen molar-refractivity contribution in [2.24, 2.45) is 0 Å². The van der Waals surface area contributed by atoms with Crippen LogP contribution in [0.15, 0.2) is 24.3 Å². The molecule has 2 saturated heterocycles. The van der Waals surface area contributed by atoms with E-state index in [2.05, 4.69) is 22.6 Å². The lowest BCUT2D eigenvalue weighted by atomic mass is 9.97. The first-order valence-electron chi connectivity index (χ1n) is 7.93. The van der Waals surface area contributed by atoms with Crippen molar-refractivity contribution in [3.05, 3.63) is 35.4 Å². The standard InChI is InChI=1S/C17H25N3O/c1-18-17(21)13-5-3-12(4-6-13)11-19-14-9-15-7-8-16(10-14)20(15)2/h3-6,14-16,19H,7-11H2,1-2H3,(H,18,21). The molecule has 2 aliphatic heterocycles. The number of benzene rings is 1. The molecule has 114 valence electrons. The van der Waals surface area contributed by atoms with Gasteiger partial charge in [-0.1, -0.05) is 12.1 Å². The fraction of sp³-hybridized carbons (Fsp3) is 0.588. The van der Waals surface area contributed by atoms with Gasteiger partial charge in [0.15, 0.2) is 0 Å². The molecule has 2 heterocycles. The van der Waals surface area contributed by atoms with Crippen LogP contribution in [-0.2, 0) is 6.54 Å². The average Bonchev–Trinajstić information content (AvgIpc) is 2.75. The van der Waals surface area contributed by atoms with Crippen LogP contribution in [0.25, 0.3) is 0 Å². The molecule has 2 bridgehead atoms. The number of hydrogen-bond donors (Lipinski definition) is 2. The second-order valence-electron chi connectivity index (χ2n) is 6.38. The highest BCUT2D eigenvalue weighted by atomic mass is 16.1. The van der Waals surface area contributed by atoms with Crippen molar-refractivity contribution in [3.8, 4) is 0 Å². The maximum Gasteiger partial charge on any atom is 0.251 e. The van der Waals surface area contributed by atoms with Crippen molar-refractivity contribution < 1.29 is 4.79 Å². The zero-order chi connectivity index (χ0) is 14.8. The molecule has 1 aromatic carbocycles. The van der Waals surface area contributed by atoms with Crippen LogP contribution < -0.4 is 10.6 Å². The number of nitrogens with one attached hydrogen (secondary N) is 2. The highest BCUT2D eigenvalue weighted by molar-refractivity contribution is 5.93. The molecule has 2 atom stereocenters. The van der Waals surface area contributed by atoms with Gasteiger partial charge in [0.05, 0.1) is 0 Å². The summed E-state index contributed by atoms with van der Waals surface area (Å²) < 4.78 is 0. The first-order chi connectivity index (χ1) is 10.2. The number of nitrogens with zero attached hydrogens (tertiary/aromatic N) is 1. The molecule has 0 aliphatic carbocycles. The van der Waals surface area contributed by atoms with Crippen LogP contribution in [0.5, 0.6) is 0 Å². The van der Waals surface area contributed by atoms with Crippen LogP contribution in [0.1, 0.15) is 41.6 Å². The van der Waals surface area contributed by atoms with Crippen molar-refractivity contribution in [1.82, 2.24) is 15.5 Å². The Morgan fingerprint density at radius 1 is 1.19 bits per heavy atom. The predicted molar refractivity (Wildman–Crippen MR) is 84.3 cm³/mol. The predicted octanol–water partition coefficient (Wildman–Crippen LogP) is 1.76. The van der Waals surface area contributed by atoms with Gasteiger partial charge in [0, 0.05) is 37.3 Å². The van der Waals surface area contributed by atoms with Crippen LogP contribution >= 0.6 is 0 Å². The summed E-state index contributed by atoms with van der Waals surface area (Å²) in [5.74, 6) is -0.0265. The maximum atomic E-state index is 11.5. The van der Waals surface area contributed by atoms with Crippen molar-refractivity contribution in [2.75, 3.05) is 14.1 Å². The molecule has 2 unspecified atom stereocenters. The summed E-state index contributed by atoms with van der Waals surface area (Å²) in [6.07, 6.45) is 5.26. The normalized spacial score (nSPS) is 28.6. The Bertz CT molecular complexity index is 485. The van der Waals surface area contributed by atoms with Crippen LogP contribution in [0.2, 0.25) is 0 Å². The third-order valence-electron chi connectivity index (χ3n) is 5.14. The highest BCUT2D eigenvalue weighted by Gasteiger charge is 2.37. The Morgan fingerprint density at radius 2 is 1.81 bits per heavy atom. The number of fused-ring (bicyclic) bond motifs is 2. The minimum atomic E-state index is -0.0265. The molecule has 0 aromatic heterocycles. The van der Waals surface area contributed by atoms with Gasteiger partial charge in [0.1, 0.15) is 0 Å². The van der Waals surface area contributed by atoms with Gasteiger partial charge in [-0.2, -0.15) is 0 Å². The van der Waals surface area contributed by atoms with Gasteiger partial charge in [-0.25, -0.2) is 0 Å². The maximum absolute atomic E-state index is 11.5. The molecule has 0 radical (unpaired) electrons. The van der Waals surface area contributed by atoms with Gasteiger partial charge in [-0.3, -0.25) is 4.79 Å². The summed E-state index contributed by atoms with van der Waals surface area (Å²) in [6.45, 7) is 0.891. The van der Waals surface area contributed by atoms with E-state index in [-0.39, 0.29) is 5.91 Å². The van der Waals surface area contributed by atoms with E-state index in [1.807, 2.05) is 24.3 Å². The zero-order valence-corrected chi connectivity index (χ0v) is 12.9. The zero-order valence-electron chi connectivity index (χ0n) is 12.9. The highest BCUT2D eigenvalue weighted by Crippen LogP contribution is 2.34. The van der Waals surface area contributed by atoms with Gasteiger partial charge >= 0.3 is 0 Å². The van der Waals surface area contributed by atoms with Gasteiger partial charge in [0.25, 0.3) is 5.91 Å². The Morgan fingerprint density at radius 3 is 2.38 bits per heavy atom. The third kappa shape index (κ3) is 3.11. The number of carbonyl (C=O) groups is 1. The summed E-state index contributed by atoms with van der Waals surface area (Å²) in [5.41, 5.74) is 1.97.